The summed E-state index contributed by atoms with van der Waals surface area (Å²) in [4.78, 5) is 12.6. The van der Waals surface area contributed by atoms with Gasteiger partial charge >= 0.3 is 0 Å². The van der Waals surface area contributed by atoms with Crippen molar-refractivity contribution in [3.05, 3.63) is 23.8 Å². The highest BCUT2D eigenvalue weighted by Crippen LogP contribution is 2.26. The minimum atomic E-state index is -0.641. The molecule has 0 unspecified atom stereocenters. The number of benzene rings is 1. The van der Waals surface area contributed by atoms with E-state index in [0.717, 1.165) is 0 Å². The third kappa shape index (κ3) is 2.64. The van der Waals surface area contributed by atoms with Crippen LogP contribution in [0.5, 0.6) is 0 Å². The molecule has 0 bridgehead atoms. The van der Waals surface area contributed by atoms with Crippen molar-refractivity contribution in [2.75, 3.05) is 23.7 Å². The zero-order valence-corrected chi connectivity index (χ0v) is 9.05. The van der Waals surface area contributed by atoms with Crippen molar-refractivity contribution in [3.8, 4) is 12.1 Å². The number of para-hydroxylation sites is 1. The number of primary amides is 1. The van der Waals surface area contributed by atoms with Gasteiger partial charge in [-0.05, 0) is 12.1 Å². The van der Waals surface area contributed by atoms with E-state index in [2.05, 4.69) is 0 Å². The maximum absolute atomic E-state index is 11.1. The van der Waals surface area contributed by atoms with Gasteiger partial charge in [-0.3, -0.25) is 4.79 Å². The van der Waals surface area contributed by atoms with Crippen LogP contribution in [0.2, 0.25) is 0 Å². The van der Waals surface area contributed by atoms with Crippen LogP contribution >= 0.6 is 0 Å². The van der Waals surface area contributed by atoms with Gasteiger partial charge in [-0.2, -0.15) is 10.5 Å². The summed E-state index contributed by atoms with van der Waals surface area (Å²) in [6.45, 7) is 0.0277. The Morgan fingerprint density at radius 3 is 2.35 bits per heavy atom. The van der Waals surface area contributed by atoms with E-state index in [4.69, 9.17) is 22.0 Å². The molecule has 1 aromatic carbocycles. The summed E-state index contributed by atoms with van der Waals surface area (Å²) in [6.07, 6.45) is 0. The molecule has 0 spiro atoms. The van der Waals surface area contributed by atoms with Gasteiger partial charge in [0.15, 0.2) is 0 Å². The first-order valence-corrected chi connectivity index (χ1v) is 4.79. The van der Waals surface area contributed by atoms with Crippen LogP contribution in [0.4, 0.5) is 11.4 Å². The number of anilines is 2. The summed E-state index contributed by atoms with van der Waals surface area (Å²) in [6, 6.07) is 8.60. The molecule has 0 aromatic heterocycles. The summed E-state index contributed by atoms with van der Waals surface area (Å²) in [7, 11) is 0. The number of rotatable bonds is 4. The molecule has 0 aliphatic carbocycles. The lowest BCUT2D eigenvalue weighted by Gasteiger charge is -2.20. The van der Waals surface area contributed by atoms with Crippen molar-refractivity contribution in [2.45, 2.75) is 0 Å². The summed E-state index contributed by atoms with van der Waals surface area (Å²) in [5, 5.41) is 17.3. The van der Waals surface area contributed by atoms with E-state index in [1.165, 1.54) is 11.0 Å². The van der Waals surface area contributed by atoms with E-state index in [9.17, 15) is 4.79 Å². The molecule has 0 fully saturated rings. The van der Waals surface area contributed by atoms with E-state index in [0.29, 0.717) is 5.69 Å². The highest BCUT2D eigenvalue weighted by Gasteiger charge is 2.14. The van der Waals surface area contributed by atoms with Crippen molar-refractivity contribution < 1.29 is 4.79 Å². The Morgan fingerprint density at radius 1 is 1.29 bits per heavy atom. The molecule has 0 radical (unpaired) electrons. The second-order valence-corrected chi connectivity index (χ2v) is 3.27. The number of hydrogen-bond acceptors (Lipinski definition) is 5. The Labute approximate surface area is 98.6 Å². The molecule has 6 nitrogen and oxygen atoms in total. The number of hydrogen-bond donors (Lipinski definition) is 2. The molecule has 4 N–H and O–H groups in total. The summed E-state index contributed by atoms with van der Waals surface area (Å²) in [5.41, 5.74) is 11.8. The lowest BCUT2D eigenvalue weighted by molar-refractivity contribution is 0.100. The Morgan fingerprint density at radius 2 is 1.88 bits per heavy atom. The van der Waals surface area contributed by atoms with Gasteiger partial charge in [0.25, 0.3) is 5.91 Å². The van der Waals surface area contributed by atoms with E-state index < -0.39 is 5.91 Å². The van der Waals surface area contributed by atoms with Gasteiger partial charge in [-0.15, -0.1) is 0 Å². The third-order valence-electron chi connectivity index (χ3n) is 2.21. The Hall–Kier alpha value is -2.73. The van der Waals surface area contributed by atoms with Crippen LogP contribution in [-0.4, -0.2) is 19.0 Å². The fourth-order valence-corrected chi connectivity index (χ4v) is 1.44. The van der Waals surface area contributed by atoms with Crippen LogP contribution in [-0.2, 0) is 0 Å². The second kappa shape index (κ2) is 5.38. The van der Waals surface area contributed by atoms with Gasteiger partial charge < -0.3 is 16.4 Å². The van der Waals surface area contributed by atoms with Crippen molar-refractivity contribution in [1.29, 1.82) is 10.5 Å². The Bertz CT molecular complexity index is 496. The molecule has 0 atom stereocenters. The van der Waals surface area contributed by atoms with Gasteiger partial charge in [-0.25, -0.2) is 0 Å². The monoisotopic (exact) mass is 229 g/mol. The van der Waals surface area contributed by atoms with E-state index in [1.807, 2.05) is 12.1 Å². The Balaban J connectivity index is 3.21. The molecule has 1 amide bonds. The highest BCUT2D eigenvalue weighted by molar-refractivity contribution is 6.00. The first kappa shape index (κ1) is 12.3. The average molecular weight is 229 g/mol. The number of carbonyl (C=O) groups excluding carboxylic acids is 1. The molecular weight excluding hydrogens is 218 g/mol. The van der Waals surface area contributed by atoms with Gasteiger partial charge in [0.2, 0.25) is 0 Å². The summed E-state index contributed by atoms with van der Waals surface area (Å²) < 4.78 is 0. The highest BCUT2D eigenvalue weighted by atomic mass is 16.1. The van der Waals surface area contributed by atoms with Crippen LogP contribution in [0, 0.1) is 22.7 Å². The first-order valence-electron chi connectivity index (χ1n) is 4.79. The molecule has 0 aliphatic heterocycles. The zero-order valence-electron chi connectivity index (χ0n) is 9.05. The third-order valence-corrected chi connectivity index (χ3v) is 2.21. The van der Waals surface area contributed by atoms with Crippen LogP contribution in [0.15, 0.2) is 18.2 Å². The second-order valence-electron chi connectivity index (χ2n) is 3.27. The predicted molar refractivity (Wildman–Crippen MR) is 62.8 cm³/mol. The van der Waals surface area contributed by atoms with E-state index in [-0.39, 0.29) is 24.3 Å². The SMILES string of the molecule is N#CCN(CC#N)c1cccc(C(N)=O)c1N. The molecule has 86 valence electrons. The number of nitriles is 2. The lowest BCUT2D eigenvalue weighted by atomic mass is 10.1. The standard InChI is InChI=1S/C11H11N5O/c12-4-6-16(7-5-13)9-3-1-2-8(10(9)14)11(15)17/h1-3H,6-7,14H2,(H2,15,17). The average Bonchev–Trinajstić information content (AvgIpc) is 2.29. The van der Waals surface area contributed by atoms with Crippen LogP contribution < -0.4 is 16.4 Å². The fraction of sp³-hybridized carbons (Fsp3) is 0.182. The molecular formula is C11H11N5O. The molecule has 0 saturated carbocycles. The fourth-order valence-electron chi connectivity index (χ4n) is 1.44. The van der Waals surface area contributed by atoms with Crippen LogP contribution in [0.3, 0.4) is 0 Å². The lowest BCUT2D eigenvalue weighted by Crippen LogP contribution is -2.26. The van der Waals surface area contributed by atoms with Gasteiger partial charge in [0, 0.05) is 0 Å². The van der Waals surface area contributed by atoms with Gasteiger partial charge in [-0.1, -0.05) is 6.07 Å². The quantitative estimate of drug-likeness (QED) is 0.565. The van der Waals surface area contributed by atoms with E-state index >= 15 is 0 Å². The van der Waals surface area contributed by atoms with Crippen molar-refractivity contribution in [1.82, 2.24) is 0 Å². The molecule has 6 heteroatoms. The van der Waals surface area contributed by atoms with Gasteiger partial charge in [0.05, 0.1) is 29.1 Å². The summed E-state index contributed by atoms with van der Waals surface area (Å²) in [5.74, 6) is -0.641. The molecule has 1 rings (SSSR count). The first-order chi connectivity index (χ1) is 8.11. The maximum Gasteiger partial charge on any atom is 0.250 e. The van der Waals surface area contributed by atoms with Crippen LogP contribution in [0.25, 0.3) is 0 Å². The maximum atomic E-state index is 11.1. The zero-order chi connectivity index (χ0) is 12.8. The van der Waals surface area contributed by atoms with Crippen molar-refractivity contribution >= 4 is 17.3 Å². The number of carbonyl (C=O) groups is 1. The van der Waals surface area contributed by atoms with Gasteiger partial charge in [0.1, 0.15) is 13.1 Å². The van der Waals surface area contributed by atoms with Crippen LogP contribution in [0.1, 0.15) is 10.4 Å². The normalized spacial score (nSPS) is 9.06. The molecule has 0 heterocycles. The smallest absolute Gasteiger partial charge is 0.250 e. The number of amides is 1. The minimum absolute atomic E-state index is 0.0139. The minimum Gasteiger partial charge on any atom is -0.396 e. The topological polar surface area (TPSA) is 120 Å². The van der Waals surface area contributed by atoms with Crippen molar-refractivity contribution in [2.24, 2.45) is 5.73 Å². The molecule has 17 heavy (non-hydrogen) atoms. The number of nitrogens with zero attached hydrogens (tertiary/aromatic N) is 3. The number of nitrogens with two attached hydrogens (primary N) is 2. The molecule has 0 aliphatic rings. The number of nitrogen functional groups attached to an aromatic ring is 1. The summed E-state index contributed by atoms with van der Waals surface area (Å²) >= 11 is 0. The largest absolute Gasteiger partial charge is 0.396 e. The predicted octanol–water partition coefficient (Wildman–Crippen LogP) is 0.221. The molecule has 0 saturated heterocycles. The molecule has 1 aromatic rings. The van der Waals surface area contributed by atoms with Crippen molar-refractivity contribution in [3.63, 3.8) is 0 Å². The van der Waals surface area contributed by atoms with E-state index in [1.54, 1.807) is 12.1 Å². The Kier molecular flexibility index (Phi) is 3.91.